The third-order valence-corrected chi connectivity index (χ3v) is 8.15. The van der Waals surface area contributed by atoms with Crippen LogP contribution in [0.25, 0.3) is 0 Å². The number of thiophene rings is 1. The van der Waals surface area contributed by atoms with Gasteiger partial charge in [0, 0.05) is 22.9 Å². The number of carbonyl (C=O) groups excluding carboxylic acids is 1. The first-order chi connectivity index (χ1) is 13.6. The maximum Gasteiger partial charge on any atom is 0.348 e. The highest BCUT2D eigenvalue weighted by molar-refractivity contribution is 7.14. The van der Waals surface area contributed by atoms with Crippen LogP contribution in [0.15, 0.2) is 6.07 Å². The van der Waals surface area contributed by atoms with E-state index in [4.69, 9.17) is 5.73 Å². The number of anilines is 1. The molecule has 0 saturated heterocycles. The molecule has 1 aromatic rings. The van der Waals surface area contributed by atoms with Gasteiger partial charge in [0.1, 0.15) is 4.88 Å². The van der Waals surface area contributed by atoms with Crippen molar-refractivity contribution < 1.29 is 14.7 Å². The van der Waals surface area contributed by atoms with Crippen LogP contribution in [-0.4, -0.2) is 29.1 Å². The second kappa shape index (κ2) is 8.76. The van der Waals surface area contributed by atoms with Gasteiger partial charge in [-0.05, 0) is 68.8 Å². The van der Waals surface area contributed by atoms with Crippen molar-refractivity contribution in [3.05, 3.63) is 15.8 Å². The summed E-state index contributed by atoms with van der Waals surface area (Å²) in [5.41, 5.74) is 6.57. The zero-order chi connectivity index (χ0) is 21.3. The van der Waals surface area contributed by atoms with E-state index in [1.165, 1.54) is 11.3 Å². The molecular weight excluding hydrogens is 384 g/mol. The fourth-order valence-electron chi connectivity index (χ4n) is 4.64. The number of aromatic carboxylic acids is 1. The topological polar surface area (TPSA) is 83.6 Å². The summed E-state index contributed by atoms with van der Waals surface area (Å²) in [6.07, 6.45) is 7.41. The van der Waals surface area contributed by atoms with Crippen LogP contribution in [-0.2, 0) is 10.2 Å². The maximum atomic E-state index is 13.7. The van der Waals surface area contributed by atoms with Crippen LogP contribution in [0, 0.1) is 11.8 Å². The normalized spacial score (nSPS) is 28.2. The number of carboxylic acids is 1. The van der Waals surface area contributed by atoms with Crippen LogP contribution < -0.4 is 10.6 Å². The van der Waals surface area contributed by atoms with Gasteiger partial charge in [-0.3, -0.25) is 4.79 Å². The molecule has 0 spiro atoms. The first-order valence-electron chi connectivity index (χ1n) is 11.0. The third kappa shape index (κ3) is 5.02. The van der Waals surface area contributed by atoms with E-state index < -0.39 is 5.97 Å². The standard InChI is InChI=1S/C23H36N2O3S/c1-14-5-7-15(8-6-14)21(26)25(17-11-9-16(24)10-12-17)18-13-19(23(2,3)4)29-20(18)22(27)28/h13-17H,5-12,24H2,1-4H3,(H,27,28). The molecule has 6 heteroatoms. The Labute approximate surface area is 178 Å². The van der Waals surface area contributed by atoms with Gasteiger partial charge in [-0.15, -0.1) is 11.3 Å². The van der Waals surface area contributed by atoms with Crippen molar-refractivity contribution in [1.82, 2.24) is 0 Å². The molecule has 0 aromatic carbocycles. The summed E-state index contributed by atoms with van der Waals surface area (Å²) in [6.45, 7) is 8.51. The summed E-state index contributed by atoms with van der Waals surface area (Å²) >= 11 is 1.31. The molecule has 0 atom stereocenters. The zero-order valence-electron chi connectivity index (χ0n) is 18.2. The van der Waals surface area contributed by atoms with Gasteiger partial charge in [-0.2, -0.15) is 0 Å². The Kier molecular flexibility index (Phi) is 6.74. The molecule has 2 saturated carbocycles. The van der Waals surface area contributed by atoms with Gasteiger partial charge in [-0.25, -0.2) is 4.79 Å². The van der Waals surface area contributed by atoms with Gasteiger partial charge in [0.15, 0.2) is 0 Å². The number of nitrogens with zero attached hydrogens (tertiary/aromatic N) is 1. The molecule has 29 heavy (non-hydrogen) atoms. The van der Waals surface area contributed by atoms with E-state index in [0.29, 0.717) is 16.5 Å². The number of carbonyl (C=O) groups is 2. The Hall–Kier alpha value is -1.40. The Balaban J connectivity index is 2.00. The number of hydrogen-bond donors (Lipinski definition) is 2. The third-order valence-electron chi connectivity index (χ3n) is 6.61. The van der Waals surface area contributed by atoms with E-state index in [2.05, 4.69) is 27.7 Å². The Morgan fingerprint density at radius 2 is 1.66 bits per heavy atom. The molecular formula is C23H36N2O3S. The minimum atomic E-state index is -0.942. The highest BCUT2D eigenvalue weighted by Crippen LogP contribution is 2.41. The van der Waals surface area contributed by atoms with Crippen LogP contribution in [0.2, 0.25) is 0 Å². The molecule has 0 aliphatic heterocycles. The van der Waals surface area contributed by atoms with Gasteiger partial charge in [0.25, 0.3) is 0 Å². The highest BCUT2D eigenvalue weighted by atomic mass is 32.1. The van der Waals surface area contributed by atoms with Gasteiger partial charge in [0.05, 0.1) is 5.69 Å². The first kappa shape index (κ1) is 22.3. The average molecular weight is 421 g/mol. The zero-order valence-corrected chi connectivity index (χ0v) is 19.1. The van der Waals surface area contributed by atoms with Crippen LogP contribution >= 0.6 is 11.3 Å². The van der Waals surface area contributed by atoms with Crippen LogP contribution in [0.5, 0.6) is 0 Å². The predicted octanol–water partition coefficient (Wildman–Crippen LogP) is 5.17. The number of carboxylic acid groups (broad SMARTS) is 1. The molecule has 0 radical (unpaired) electrons. The molecule has 1 aromatic heterocycles. The lowest BCUT2D eigenvalue weighted by atomic mass is 9.81. The van der Waals surface area contributed by atoms with E-state index in [9.17, 15) is 14.7 Å². The number of rotatable bonds is 4. The molecule has 0 unspecified atom stereocenters. The van der Waals surface area contributed by atoms with Gasteiger partial charge >= 0.3 is 5.97 Å². The summed E-state index contributed by atoms with van der Waals surface area (Å²) in [5, 5.41) is 9.91. The second-order valence-electron chi connectivity index (χ2n) is 10.1. The molecule has 3 N–H and O–H groups in total. The van der Waals surface area contributed by atoms with E-state index >= 15 is 0 Å². The molecule has 1 heterocycles. The van der Waals surface area contributed by atoms with Gasteiger partial charge in [0.2, 0.25) is 5.91 Å². The smallest absolute Gasteiger partial charge is 0.348 e. The molecule has 5 nitrogen and oxygen atoms in total. The molecule has 3 rings (SSSR count). The molecule has 0 bridgehead atoms. The van der Waals surface area contributed by atoms with Crippen molar-refractivity contribution in [3.63, 3.8) is 0 Å². The molecule has 2 aliphatic rings. The molecule has 1 amide bonds. The Morgan fingerprint density at radius 3 is 2.17 bits per heavy atom. The second-order valence-corrected chi connectivity index (χ2v) is 11.2. The van der Waals surface area contributed by atoms with Gasteiger partial charge < -0.3 is 15.7 Å². The summed E-state index contributed by atoms with van der Waals surface area (Å²) in [5.74, 6) is -0.147. The van der Waals surface area contributed by atoms with Crippen molar-refractivity contribution in [2.75, 3.05) is 4.90 Å². The largest absolute Gasteiger partial charge is 0.477 e. The summed E-state index contributed by atoms with van der Waals surface area (Å²) in [4.78, 5) is 29.0. The highest BCUT2D eigenvalue weighted by Gasteiger charge is 2.37. The number of nitrogens with two attached hydrogens (primary N) is 1. The minimum Gasteiger partial charge on any atom is -0.477 e. The fraction of sp³-hybridized carbons (Fsp3) is 0.739. The van der Waals surface area contributed by atoms with Crippen molar-refractivity contribution in [2.24, 2.45) is 17.6 Å². The minimum absolute atomic E-state index is 0.00133. The summed E-state index contributed by atoms with van der Waals surface area (Å²) < 4.78 is 0. The molecule has 2 fully saturated rings. The maximum absolute atomic E-state index is 13.7. The van der Waals surface area contributed by atoms with Gasteiger partial charge in [-0.1, -0.05) is 27.7 Å². The Bertz CT molecular complexity index is 736. The lowest BCUT2D eigenvalue weighted by molar-refractivity contribution is -0.124. The average Bonchev–Trinajstić information content (AvgIpc) is 3.10. The molecule has 162 valence electrons. The summed E-state index contributed by atoms with van der Waals surface area (Å²) in [7, 11) is 0. The fourth-order valence-corrected chi connectivity index (χ4v) is 5.69. The quantitative estimate of drug-likeness (QED) is 0.703. The SMILES string of the molecule is CC1CCC(C(=O)N(c2cc(C(C)(C)C)sc2C(=O)O)C2CCC(N)CC2)CC1. The van der Waals surface area contributed by atoms with E-state index in [1.54, 1.807) is 0 Å². The molecule has 2 aliphatic carbocycles. The first-order valence-corrected chi connectivity index (χ1v) is 11.9. The van der Waals surface area contributed by atoms with Crippen LogP contribution in [0.1, 0.15) is 93.6 Å². The number of hydrogen-bond acceptors (Lipinski definition) is 4. The van der Waals surface area contributed by atoms with Crippen molar-refractivity contribution in [3.8, 4) is 0 Å². The van der Waals surface area contributed by atoms with Crippen LogP contribution in [0.3, 0.4) is 0 Å². The lowest BCUT2D eigenvalue weighted by Crippen LogP contribution is -2.47. The van der Waals surface area contributed by atoms with E-state index in [1.807, 2.05) is 11.0 Å². The van der Waals surface area contributed by atoms with E-state index in [0.717, 1.165) is 56.2 Å². The monoisotopic (exact) mass is 420 g/mol. The lowest BCUT2D eigenvalue weighted by Gasteiger charge is -2.39. The van der Waals surface area contributed by atoms with Crippen molar-refractivity contribution in [2.45, 2.75) is 96.6 Å². The Morgan fingerprint density at radius 1 is 1.07 bits per heavy atom. The predicted molar refractivity (Wildman–Crippen MR) is 119 cm³/mol. The summed E-state index contributed by atoms with van der Waals surface area (Å²) in [6, 6.07) is 2.19. The van der Waals surface area contributed by atoms with Crippen molar-refractivity contribution >= 4 is 28.9 Å². The van der Waals surface area contributed by atoms with Crippen molar-refractivity contribution in [1.29, 1.82) is 0 Å². The number of amides is 1. The van der Waals surface area contributed by atoms with E-state index in [-0.39, 0.29) is 29.3 Å². The van der Waals surface area contributed by atoms with Crippen LogP contribution in [0.4, 0.5) is 5.69 Å².